The third-order valence-electron chi connectivity index (χ3n) is 2.69. The van der Waals surface area contributed by atoms with Crippen molar-refractivity contribution in [2.75, 3.05) is 0 Å². The molecule has 0 fully saturated rings. The second kappa shape index (κ2) is 5.67. The lowest BCUT2D eigenvalue weighted by atomic mass is 10.1. The van der Waals surface area contributed by atoms with Crippen LogP contribution in [0.4, 0.5) is 0 Å². The fourth-order valence-electron chi connectivity index (χ4n) is 1.56. The molecule has 2 rings (SSSR count). The largest absolute Gasteiger partial charge is 0.437 e. The molecule has 5 nitrogen and oxygen atoms in total. The number of hydrogen-bond acceptors (Lipinski definition) is 5. The van der Waals surface area contributed by atoms with Crippen LogP contribution in [0.2, 0.25) is 0 Å². The average molecular weight is 260 g/mol. The fourth-order valence-corrected chi connectivity index (χ4v) is 1.56. The molecule has 0 spiro atoms. The predicted molar refractivity (Wildman–Crippen MR) is 70.5 cm³/mol. The van der Waals surface area contributed by atoms with E-state index in [1.165, 1.54) is 0 Å². The molecule has 5 heteroatoms. The number of benzene rings is 1. The lowest BCUT2D eigenvalue weighted by Crippen LogP contribution is -2.06. The van der Waals surface area contributed by atoms with Crippen LogP contribution < -0.4 is 10.5 Å². The standard InChI is InChI=1S/C14H16N2O3/c1-3-12(17)19-13-9(2)18-14(16-13)11-6-4-10(8-15)5-7-11/h4-7H,3,8,15H2,1-2H3. The quantitative estimate of drug-likeness (QED) is 0.854. The number of aromatic nitrogens is 1. The Morgan fingerprint density at radius 2 is 2.05 bits per heavy atom. The minimum atomic E-state index is -0.332. The molecule has 0 bridgehead atoms. The number of ether oxygens (including phenoxy) is 1. The molecule has 0 aliphatic heterocycles. The highest BCUT2D eigenvalue weighted by Gasteiger charge is 2.14. The number of nitrogens with zero attached hydrogens (tertiary/aromatic N) is 1. The first-order valence-corrected chi connectivity index (χ1v) is 6.11. The molecular weight excluding hydrogens is 244 g/mol. The molecule has 0 aliphatic carbocycles. The summed E-state index contributed by atoms with van der Waals surface area (Å²) in [5.41, 5.74) is 7.39. The molecule has 0 radical (unpaired) electrons. The van der Waals surface area contributed by atoms with E-state index in [0.29, 0.717) is 24.6 Å². The summed E-state index contributed by atoms with van der Waals surface area (Å²) in [4.78, 5) is 15.4. The van der Waals surface area contributed by atoms with Crippen LogP contribution in [0.25, 0.3) is 11.5 Å². The Labute approximate surface area is 111 Å². The van der Waals surface area contributed by atoms with Gasteiger partial charge in [0.15, 0.2) is 5.76 Å². The van der Waals surface area contributed by atoms with Gasteiger partial charge in [-0.3, -0.25) is 4.79 Å². The zero-order valence-corrected chi connectivity index (χ0v) is 11.0. The van der Waals surface area contributed by atoms with Crippen LogP contribution >= 0.6 is 0 Å². The Hall–Kier alpha value is -2.14. The van der Waals surface area contributed by atoms with Gasteiger partial charge in [0.1, 0.15) is 0 Å². The number of oxazole rings is 1. The van der Waals surface area contributed by atoms with Crippen molar-refractivity contribution in [3.8, 4) is 17.3 Å². The molecule has 1 aromatic carbocycles. The van der Waals surface area contributed by atoms with Gasteiger partial charge >= 0.3 is 5.97 Å². The topological polar surface area (TPSA) is 78.3 Å². The highest BCUT2D eigenvalue weighted by Crippen LogP contribution is 2.26. The zero-order valence-electron chi connectivity index (χ0n) is 11.0. The maximum atomic E-state index is 11.2. The monoisotopic (exact) mass is 260 g/mol. The number of esters is 1. The predicted octanol–water partition coefficient (Wildman–Crippen LogP) is 2.42. The van der Waals surface area contributed by atoms with E-state index in [9.17, 15) is 4.79 Å². The highest BCUT2D eigenvalue weighted by molar-refractivity contribution is 5.71. The van der Waals surface area contributed by atoms with Crippen molar-refractivity contribution < 1.29 is 13.9 Å². The Morgan fingerprint density at radius 3 is 2.63 bits per heavy atom. The van der Waals surface area contributed by atoms with Crippen LogP contribution in [-0.4, -0.2) is 11.0 Å². The van der Waals surface area contributed by atoms with Crippen LogP contribution in [-0.2, 0) is 11.3 Å². The van der Waals surface area contributed by atoms with Crippen LogP contribution in [0.3, 0.4) is 0 Å². The van der Waals surface area contributed by atoms with Gasteiger partial charge in [0.05, 0.1) is 0 Å². The summed E-state index contributed by atoms with van der Waals surface area (Å²) < 4.78 is 10.6. The number of carbonyl (C=O) groups is 1. The molecule has 0 aliphatic rings. The second-order valence-electron chi connectivity index (χ2n) is 4.11. The molecule has 0 saturated heterocycles. The number of nitrogens with two attached hydrogens (primary N) is 1. The minimum absolute atomic E-state index is 0.227. The molecule has 100 valence electrons. The van der Waals surface area contributed by atoms with Crippen LogP contribution in [0.1, 0.15) is 24.7 Å². The van der Waals surface area contributed by atoms with Crippen LogP contribution in [0.5, 0.6) is 5.88 Å². The molecule has 1 heterocycles. The molecule has 0 unspecified atom stereocenters. The number of rotatable bonds is 4. The third-order valence-corrected chi connectivity index (χ3v) is 2.69. The summed E-state index contributed by atoms with van der Waals surface area (Å²) in [5.74, 6) is 0.811. The minimum Gasteiger partial charge on any atom is -0.437 e. The van der Waals surface area contributed by atoms with Crippen molar-refractivity contribution in [3.05, 3.63) is 35.6 Å². The van der Waals surface area contributed by atoms with Crippen molar-refractivity contribution in [1.82, 2.24) is 4.98 Å². The molecule has 0 amide bonds. The van der Waals surface area contributed by atoms with Gasteiger partial charge in [-0.2, -0.15) is 4.98 Å². The van der Waals surface area contributed by atoms with E-state index in [0.717, 1.165) is 11.1 Å². The number of aryl methyl sites for hydroxylation is 1. The van der Waals surface area contributed by atoms with E-state index >= 15 is 0 Å². The van der Waals surface area contributed by atoms with E-state index in [2.05, 4.69) is 4.98 Å². The van der Waals surface area contributed by atoms with Gasteiger partial charge < -0.3 is 14.9 Å². The first kappa shape index (κ1) is 13.3. The average Bonchev–Trinajstić information content (AvgIpc) is 2.80. The summed E-state index contributed by atoms with van der Waals surface area (Å²) in [6.07, 6.45) is 0.298. The molecule has 19 heavy (non-hydrogen) atoms. The Morgan fingerprint density at radius 1 is 1.37 bits per heavy atom. The van der Waals surface area contributed by atoms with Crippen molar-refractivity contribution in [1.29, 1.82) is 0 Å². The molecular formula is C14H16N2O3. The second-order valence-corrected chi connectivity index (χ2v) is 4.11. The lowest BCUT2D eigenvalue weighted by Gasteiger charge is -1.98. The van der Waals surface area contributed by atoms with Gasteiger partial charge in [0.2, 0.25) is 5.89 Å². The third kappa shape index (κ3) is 3.00. The maximum absolute atomic E-state index is 11.2. The van der Waals surface area contributed by atoms with E-state index in [1.54, 1.807) is 13.8 Å². The summed E-state index contributed by atoms with van der Waals surface area (Å²) in [6.45, 7) is 3.93. The van der Waals surface area contributed by atoms with Crippen LogP contribution in [0, 0.1) is 6.92 Å². The Kier molecular flexibility index (Phi) is 3.97. The van der Waals surface area contributed by atoms with E-state index < -0.39 is 0 Å². The van der Waals surface area contributed by atoms with Gasteiger partial charge in [0, 0.05) is 18.5 Å². The van der Waals surface area contributed by atoms with Crippen molar-refractivity contribution in [2.24, 2.45) is 5.73 Å². The van der Waals surface area contributed by atoms with Crippen molar-refractivity contribution in [2.45, 2.75) is 26.8 Å². The summed E-state index contributed by atoms with van der Waals surface area (Å²) in [5, 5.41) is 0. The summed E-state index contributed by atoms with van der Waals surface area (Å²) in [7, 11) is 0. The van der Waals surface area contributed by atoms with E-state index in [1.807, 2.05) is 24.3 Å². The molecule has 1 aromatic heterocycles. The molecule has 0 atom stereocenters. The summed E-state index contributed by atoms with van der Waals surface area (Å²) in [6, 6.07) is 7.57. The normalized spacial score (nSPS) is 10.5. The first-order valence-electron chi connectivity index (χ1n) is 6.11. The van der Waals surface area contributed by atoms with Gasteiger partial charge in [0.25, 0.3) is 5.88 Å². The van der Waals surface area contributed by atoms with E-state index in [4.69, 9.17) is 14.9 Å². The first-order chi connectivity index (χ1) is 9.13. The highest BCUT2D eigenvalue weighted by atomic mass is 16.6. The van der Waals surface area contributed by atoms with Gasteiger partial charge in [-0.1, -0.05) is 19.1 Å². The van der Waals surface area contributed by atoms with E-state index in [-0.39, 0.29) is 11.8 Å². The van der Waals surface area contributed by atoms with Crippen molar-refractivity contribution in [3.63, 3.8) is 0 Å². The summed E-state index contributed by atoms with van der Waals surface area (Å²) >= 11 is 0. The molecule has 2 N–H and O–H groups in total. The SMILES string of the molecule is CCC(=O)Oc1nc(-c2ccc(CN)cc2)oc1C. The zero-order chi connectivity index (χ0) is 13.8. The smallest absolute Gasteiger partial charge is 0.312 e. The molecule has 0 saturated carbocycles. The molecule has 2 aromatic rings. The number of hydrogen-bond donors (Lipinski definition) is 1. The van der Waals surface area contributed by atoms with Crippen molar-refractivity contribution >= 4 is 5.97 Å². The Balaban J connectivity index is 2.25. The van der Waals surface area contributed by atoms with Gasteiger partial charge in [-0.15, -0.1) is 0 Å². The Bertz CT molecular complexity index is 573. The van der Waals surface area contributed by atoms with Gasteiger partial charge in [-0.05, 0) is 24.6 Å². The van der Waals surface area contributed by atoms with Gasteiger partial charge in [-0.25, -0.2) is 0 Å². The fraction of sp³-hybridized carbons (Fsp3) is 0.286. The maximum Gasteiger partial charge on any atom is 0.312 e. The van der Waals surface area contributed by atoms with Crippen LogP contribution in [0.15, 0.2) is 28.7 Å². The number of carbonyl (C=O) groups excluding carboxylic acids is 1. The lowest BCUT2D eigenvalue weighted by molar-refractivity contribution is -0.134.